The van der Waals surface area contributed by atoms with E-state index in [4.69, 9.17) is 4.74 Å². The number of carbonyl (C=O) groups excluding carboxylic acids is 1. The van der Waals surface area contributed by atoms with Crippen LogP contribution in [0, 0.1) is 11.8 Å². The number of alkyl carbamates (subject to hydrolysis) is 1. The van der Waals surface area contributed by atoms with Crippen LogP contribution >= 0.6 is 0 Å². The fraction of sp³-hybridized carbons (Fsp3) is 0.500. The summed E-state index contributed by atoms with van der Waals surface area (Å²) in [4.78, 5) is 23.0. The maximum absolute atomic E-state index is 11.7. The molecule has 0 spiro atoms. The van der Waals surface area contributed by atoms with E-state index in [0.717, 1.165) is 5.56 Å². The minimum Gasteiger partial charge on any atom is -0.480 e. The first-order valence-corrected chi connectivity index (χ1v) is 8.50. The summed E-state index contributed by atoms with van der Waals surface area (Å²) < 4.78 is 5.08. The predicted molar refractivity (Wildman–Crippen MR) is 101 cm³/mol. The van der Waals surface area contributed by atoms with Crippen molar-refractivity contribution >= 4 is 12.1 Å². The minimum absolute atomic E-state index is 0.00891. The number of nitrogens with one attached hydrogen (secondary N) is 2. The number of hydrogen-bond donors (Lipinski definition) is 3. The molecule has 0 fully saturated rings. The average Bonchev–Trinajstić information content (AvgIpc) is 2.51. The van der Waals surface area contributed by atoms with Crippen molar-refractivity contribution in [1.82, 2.24) is 10.6 Å². The molecule has 1 aromatic carbocycles. The highest BCUT2D eigenvalue weighted by Gasteiger charge is 2.23. The van der Waals surface area contributed by atoms with Crippen molar-refractivity contribution in [2.45, 2.75) is 64.8 Å². The second-order valence-corrected chi connectivity index (χ2v) is 7.51. The molecule has 1 aromatic rings. The normalized spacial score (nSPS) is 12.5. The number of hydrogen-bond acceptors (Lipinski definition) is 4. The Hall–Kier alpha value is -2.52. The van der Waals surface area contributed by atoms with Crippen LogP contribution in [-0.4, -0.2) is 34.4 Å². The highest BCUT2D eigenvalue weighted by atomic mass is 16.6. The second kappa shape index (κ2) is 9.25. The molecule has 0 aromatic heterocycles. The van der Waals surface area contributed by atoms with Crippen molar-refractivity contribution in [3.63, 3.8) is 0 Å². The van der Waals surface area contributed by atoms with Gasteiger partial charge in [0.15, 0.2) is 0 Å². The Morgan fingerprint density at radius 2 is 1.77 bits per heavy atom. The molecule has 1 amide bonds. The minimum atomic E-state index is -1.15. The Morgan fingerprint density at radius 1 is 1.15 bits per heavy atom. The SMILES string of the molecule is CC(C)(C#CCC(NC(=O)OC(C)(C)C)C(=O)O)NCc1ccccc1. The number of carboxylic acids is 1. The summed E-state index contributed by atoms with van der Waals surface area (Å²) in [6.45, 7) is 9.62. The van der Waals surface area contributed by atoms with Gasteiger partial charge in [-0.1, -0.05) is 42.2 Å². The largest absolute Gasteiger partial charge is 0.480 e. The smallest absolute Gasteiger partial charge is 0.408 e. The van der Waals surface area contributed by atoms with Gasteiger partial charge in [-0.15, -0.1) is 0 Å². The third-order valence-electron chi connectivity index (χ3n) is 3.27. The Bertz CT molecular complexity index is 667. The molecule has 1 rings (SSSR count). The van der Waals surface area contributed by atoms with Crippen LogP contribution in [-0.2, 0) is 16.1 Å². The van der Waals surface area contributed by atoms with Crippen molar-refractivity contribution in [2.24, 2.45) is 0 Å². The van der Waals surface area contributed by atoms with E-state index in [1.807, 2.05) is 44.2 Å². The summed E-state index contributed by atoms with van der Waals surface area (Å²) in [7, 11) is 0. The van der Waals surface area contributed by atoms with Gasteiger partial charge in [-0.3, -0.25) is 5.32 Å². The molecule has 0 aliphatic rings. The Labute approximate surface area is 155 Å². The second-order valence-electron chi connectivity index (χ2n) is 7.51. The molecule has 3 N–H and O–H groups in total. The van der Waals surface area contributed by atoms with E-state index in [9.17, 15) is 14.7 Å². The van der Waals surface area contributed by atoms with E-state index in [1.54, 1.807) is 20.8 Å². The van der Waals surface area contributed by atoms with Gasteiger partial charge in [0.1, 0.15) is 11.6 Å². The molecular formula is C20H28N2O4. The summed E-state index contributed by atoms with van der Waals surface area (Å²) in [5.41, 5.74) is -0.0511. The molecule has 0 saturated heterocycles. The Balaban J connectivity index is 2.59. The molecule has 1 unspecified atom stereocenters. The van der Waals surface area contributed by atoms with Crippen molar-refractivity contribution in [3.8, 4) is 11.8 Å². The molecule has 0 aliphatic heterocycles. The van der Waals surface area contributed by atoms with E-state index in [-0.39, 0.29) is 6.42 Å². The number of amides is 1. The van der Waals surface area contributed by atoms with Gasteiger partial charge in [0.05, 0.1) is 5.54 Å². The van der Waals surface area contributed by atoms with Gasteiger partial charge < -0.3 is 15.2 Å². The van der Waals surface area contributed by atoms with E-state index in [2.05, 4.69) is 22.5 Å². The van der Waals surface area contributed by atoms with Crippen molar-refractivity contribution in [2.75, 3.05) is 0 Å². The lowest BCUT2D eigenvalue weighted by atomic mass is 10.0. The fourth-order valence-electron chi connectivity index (χ4n) is 1.99. The lowest BCUT2D eigenvalue weighted by molar-refractivity contribution is -0.139. The standard InChI is InChI=1S/C20H28N2O4/c1-19(2,3)26-18(25)22-16(17(23)24)12-9-13-20(4,5)21-14-15-10-7-6-8-11-15/h6-8,10-11,16,21H,12,14H2,1-5H3,(H,22,25)(H,23,24). The van der Waals surface area contributed by atoms with Crippen LogP contribution in [0.15, 0.2) is 30.3 Å². The van der Waals surface area contributed by atoms with Crippen LogP contribution in [0.4, 0.5) is 4.79 Å². The summed E-state index contributed by atoms with van der Waals surface area (Å²) in [6.07, 6.45) is -0.779. The van der Waals surface area contributed by atoms with Gasteiger partial charge >= 0.3 is 12.1 Å². The van der Waals surface area contributed by atoms with Crippen LogP contribution in [0.5, 0.6) is 0 Å². The highest BCUT2D eigenvalue weighted by molar-refractivity contribution is 5.80. The number of aliphatic carboxylic acids is 1. The average molecular weight is 360 g/mol. The van der Waals surface area contributed by atoms with Crippen molar-refractivity contribution < 1.29 is 19.4 Å². The van der Waals surface area contributed by atoms with Crippen molar-refractivity contribution in [1.29, 1.82) is 0 Å². The van der Waals surface area contributed by atoms with Gasteiger partial charge in [0, 0.05) is 13.0 Å². The third-order valence-corrected chi connectivity index (χ3v) is 3.27. The zero-order valence-corrected chi connectivity index (χ0v) is 16.1. The fourth-order valence-corrected chi connectivity index (χ4v) is 1.99. The maximum atomic E-state index is 11.7. The number of carboxylic acid groups (broad SMARTS) is 1. The first kappa shape index (κ1) is 21.5. The van der Waals surface area contributed by atoms with E-state index in [1.165, 1.54) is 0 Å². The van der Waals surface area contributed by atoms with Crippen molar-refractivity contribution in [3.05, 3.63) is 35.9 Å². The van der Waals surface area contributed by atoms with E-state index in [0.29, 0.717) is 6.54 Å². The van der Waals surface area contributed by atoms with Gasteiger partial charge in [0.25, 0.3) is 0 Å². The first-order valence-electron chi connectivity index (χ1n) is 8.50. The Kier molecular flexibility index (Phi) is 7.66. The van der Waals surface area contributed by atoms with Crippen LogP contribution in [0.1, 0.15) is 46.6 Å². The lowest BCUT2D eigenvalue weighted by Gasteiger charge is -2.21. The Morgan fingerprint density at radius 3 is 2.31 bits per heavy atom. The van der Waals surface area contributed by atoms with Crippen LogP contribution < -0.4 is 10.6 Å². The molecule has 1 atom stereocenters. The predicted octanol–water partition coefficient (Wildman–Crippen LogP) is 2.93. The number of rotatable bonds is 6. The zero-order chi connectivity index (χ0) is 19.8. The van der Waals surface area contributed by atoms with Crippen LogP contribution in [0.25, 0.3) is 0 Å². The first-order chi connectivity index (χ1) is 12.0. The molecular weight excluding hydrogens is 332 g/mol. The summed E-state index contributed by atoms with van der Waals surface area (Å²) in [5, 5.41) is 14.9. The number of carbonyl (C=O) groups is 2. The van der Waals surface area contributed by atoms with Crippen LogP contribution in [0.2, 0.25) is 0 Å². The number of ether oxygens (including phenoxy) is 1. The van der Waals surface area contributed by atoms with Gasteiger partial charge in [-0.25, -0.2) is 9.59 Å². The third kappa shape index (κ3) is 9.09. The maximum Gasteiger partial charge on any atom is 0.408 e. The number of benzene rings is 1. The lowest BCUT2D eigenvalue weighted by Crippen LogP contribution is -2.43. The molecule has 0 aliphatic carbocycles. The topological polar surface area (TPSA) is 87.7 Å². The molecule has 142 valence electrons. The molecule has 6 nitrogen and oxygen atoms in total. The van der Waals surface area contributed by atoms with Gasteiger partial charge in [-0.05, 0) is 40.2 Å². The molecule has 0 bridgehead atoms. The summed E-state index contributed by atoms with van der Waals surface area (Å²) in [6, 6.07) is 8.80. The zero-order valence-electron chi connectivity index (χ0n) is 16.1. The van der Waals surface area contributed by atoms with Gasteiger partial charge in [0.2, 0.25) is 0 Å². The highest BCUT2D eigenvalue weighted by Crippen LogP contribution is 2.08. The molecule has 0 saturated carbocycles. The quantitative estimate of drug-likeness (QED) is 0.679. The monoisotopic (exact) mass is 360 g/mol. The van der Waals surface area contributed by atoms with Crippen LogP contribution in [0.3, 0.4) is 0 Å². The van der Waals surface area contributed by atoms with E-state index >= 15 is 0 Å². The van der Waals surface area contributed by atoms with E-state index < -0.39 is 29.2 Å². The van der Waals surface area contributed by atoms with Gasteiger partial charge in [-0.2, -0.15) is 0 Å². The molecule has 0 radical (unpaired) electrons. The summed E-state index contributed by atoms with van der Waals surface area (Å²) in [5.74, 6) is 4.71. The molecule has 26 heavy (non-hydrogen) atoms. The molecule has 6 heteroatoms. The summed E-state index contributed by atoms with van der Waals surface area (Å²) >= 11 is 0. The molecule has 0 heterocycles.